The lowest BCUT2D eigenvalue weighted by molar-refractivity contribution is 0.191. The van der Waals surface area contributed by atoms with E-state index in [0.717, 1.165) is 4.47 Å². The minimum atomic E-state index is -0.707. The van der Waals surface area contributed by atoms with Gasteiger partial charge in [-0.05, 0) is 23.8 Å². The van der Waals surface area contributed by atoms with Crippen LogP contribution < -0.4 is 15.5 Å². The van der Waals surface area contributed by atoms with Crippen LogP contribution in [0.25, 0.3) is 22.1 Å². The second kappa shape index (κ2) is 6.26. The number of rotatable bonds is 2. The summed E-state index contributed by atoms with van der Waals surface area (Å²) in [7, 11) is 1.43. The lowest BCUT2D eigenvalue weighted by Gasteiger charge is -2.10. The first-order valence-electron chi connectivity index (χ1n) is 6.81. The molecule has 0 aliphatic carbocycles. The third-order valence-electron chi connectivity index (χ3n) is 3.27. The predicted molar refractivity (Wildman–Crippen MR) is 90.7 cm³/mol. The number of carbonyl (C=O) groups is 1. The maximum atomic E-state index is 12.9. The van der Waals surface area contributed by atoms with Crippen LogP contribution in [0.15, 0.2) is 62.2 Å². The molecule has 0 radical (unpaired) electrons. The average molecular weight is 374 g/mol. The molecule has 0 fully saturated rings. The van der Waals surface area contributed by atoms with Gasteiger partial charge in [-0.2, -0.15) is 0 Å². The zero-order chi connectivity index (χ0) is 16.4. The highest BCUT2D eigenvalue weighted by molar-refractivity contribution is 9.10. The minimum absolute atomic E-state index is 0.129. The van der Waals surface area contributed by atoms with E-state index in [1.165, 1.54) is 7.05 Å². The number of ether oxygens (including phenoxy) is 1. The Kier molecular flexibility index (Phi) is 4.16. The van der Waals surface area contributed by atoms with Crippen LogP contribution in [0.3, 0.4) is 0 Å². The van der Waals surface area contributed by atoms with E-state index in [2.05, 4.69) is 21.2 Å². The molecule has 0 bridgehead atoms. The number of hydrogen-bond acceptors (Lipinski definition) is 4. The van der Waals surface area contributed by atoms with Crippen molar-refractivity contribution in [3.8, 4) is 17.1 Å². The van der Waals surface area contributed by atoms with Gasteiger partial charge in [-0.25, -0.2) is 4.79 Å². The summed E-state index contributed by atoms with van der Waals surface area (Å²) in [5, 5.41) is 2.74. The van der Waals surface area contributed by atoms with Gasteiger partial charge < -0.3 is 14.5 Å². The standard InChI is InChI=1S/C17H12BrNO4/c1-19-17(21)23-16-14(10-5-3-2-4-6-10)15(20)12-9-11(18)7-8-13(12)22-16/h2-9H,1H3,(H,19,21). The highest BCUT2D eigenvalue weighted by Gasteiger charge is 2.19. The Hall–Kier alpha value is -2.60. The van der Waals surface area contributed by atoms with Crippen LogP contribution in [0, 0.1) is 0 Å². The van der Waals surface area contributed by atoms with Crippen LogP contribution in [0.2, 0.25) is 0 Å². The van der Waals surface area contributed by atoms with Crippen molar-refractivity contribution < 1.29 is 13.9 Å². The summed E-state index contributed by atoms with van der Waals surface area (Å²) >= 11 is 3.34. The molecule has 1 aromatic heterocycles. The van der Waals surface area contributed by atoms with Gasteiger partial charge in [-0.3, -0.25) is 4.79 Å². The number of fused-ring (bicyclic) bond motifs is 1. The van der Waals surface area contributed by atoms with Gasteiger partial charge in [0, 0.05) is 11.5 Å². The second-order valence-electron chi connectivity index (χ2n) is 4.74. The molecule has 1 N–H and O–H groups in total. The van der Waals surface area contributed by atoms with Gasteiger partial charge in [-0.15, -0.1) is 0 Å². The van der Waals surface area contributed by atoms with E-state index in [1.807, 2.05) is 6.07 Å². The highest BCUT2D eigenvalue weighted by Crippen LogP contribution is 2.31. The summed E-state index contributed by atoms with van der Waals surface area (Å²) in [6.07, 6.45) is -0.707. The van der Waals surface area contributed by atoms with E-state index in [4.69, 9.17) is 9.15 Å². The Bertz CT molecular complexity index is 934. The fourth-order valence-corrected chi connectivity index (χ4v) is 2.57. The Balaban J connectivity index is 2.33. The van der Waals surface area contributed by atoms with Crippen LogP contribution in [0.5, 0.6) is 5.95 Å². The Morgan fingerprint density at radius 3 is 2.61 bits per heavy atom. The Labute approximate surface area is 140 Å². The number of benzene rings is 2. The second-order valence-corrected chi connectivity index (χ2v) is 5.66. The SMILES string of the molecule is CNC(=O)Oc1oc2ccc(Br)cc2c(=O)c1-c1ccccc1. The number of halogens is 1. The quantitative estimate of drug-likeness (QED) is 0.738. The maximum absolute atomic E-state index is 12.9. The largest absolute Gasteiger partial charge is 0.425 e. The lowest BCUT2D eigenvalue weighted by Crippen LogP contribution is -2.23. The van der Waals surface area contributed by atoms with Crippen molar-refractivity contribution in [2.24, 2.45) is 0 Å². The summed E-state index contributed by atoms with van der Waals surface area (Å²) < 4.78 is 11.6. The van der Waals surface area contributed by atoms with Crippen molar-refractivity contribution in [1.29, 1.82) is 0 Å². The molecular weight excluding hydrogens is 362 g/mol. The van der Waals surface area contributed by atoms with Gasteiger partial charge in [0.1, 0.15) is 11.1 Å². The van der Waals surface area contributed by atoms with E-state index in [1.54, 1.807) is 42.5 Å². The number of nitrogens with one attached hydrogen (secondary N) is 1. The van der Waals surface area contributed by atoms with Crippen LogP contribution >= 0.6 is 15.9 Å². The molecule has 3 aromatic rings. The summed E-state index contributed by atoms with van der Waals surface area (Å²) in [5.41, 5.74) is 0.899. The third-order valence-corrected chi connectivity index (χ3v) is 3.77. The Morgan fingerprint density at radius 1 is 1.17 bits per heavy atom. The van der Waals surface area contributed by atoms with Crippen molar-refractivity contribution in [2.75, 3.05) is 7.05 Å². The van der Waals surface area contributed by atoms with Crippen molar-refractivity contribution >= 4 is 33.0 Å². The first-order chi connectivity index (χ1) is 11.1. The van der Waals surface area contributed by atoms with Gasteiger partial charge in [0.05, 0.1) is 5.39 Å². The van der Waals surface area contributed by atoms with Gasteiger partial charge in [-0.1, -0.05) is 46.3 Å². The van der Waals surface area contributed by atoms with Crippen molar-refractivity contribution in [1.82, 2.24) is 5.32 Å². The van der Waals surface area contributed by atoms with E-state index in [9.17, 15) is 9.59 Å². The van der Waals surface area contributed by atoms with Crippen molar-refractivity contribution in [3.05, 3.63) is 63.2 Å². The molecule has 5 nitrogen and oxygen atoms in total. The van der Waals surface area contributed by atoms with Gasteiger partial charge in [0.25, 0.3) is 0 Å². The molecule has 0 saturated heterocycles. The first kappa shape index (κ1) is 15.3. The monoisotopic (exact) mass is 373 g/mol. The maximum Gasteiger partial charge on any atom is 0.414 e. The predicted octanol–water partition coefficient (Wildman–Crippen LogP) is 3.94. The molecule has 0 aliphatic rings. The van der Waals surface area contributed by atoms with Gasteiger partial charge >= 0.3 is 12.0 Å². The van der Waals surface area contributed by atoms with Crippen molar-refractivity contribution in [3.63, 3.8) is 0 Å². The lowest BCUT2D eigenvalue weighted by atomic mass is 10.1. The topological polar surface area (TPSA) is 68.5 Å². The molecule has 2 aromatic carbocycles. The molecule has 6 heteroatoms. The molecule has 0 atom stereocenters. The van der Waals surface area contributed by atoms with Gasteiger partial charge in [0.15, 0.2) is 0 Å². The fraction of sp³-hybridized carbons (Fsp3) is 0.0588. The summed E-state index contributed by atoms with van der Waals surface area (Å²) in [6, 6.07) is 14.0. The smallest absolute Gasteiger partial charge is 0.414 e. The number of hydrogen-bond donors (Lipinski definition) is 1. The van der Waals surface area contributed by atoms with E-state index >= 15 is 0 Å². The molecule has 0 saturated carbocycles. The first-order valence-corrected chi connectivity index (χ1v) is 7.61. The third kappa shape index (κ3) is 2.98. The molecule has 0 unspecified atom stereocenters. The highest BCUT2D eigenvalue weighted by atomic mass is 79.9. The normalized spacial score (nSPS) is 10.5. The number of carbonyl (C=O) groups excluding carboxylic acids is 1. The zero-order valence-electron chi connectivity index (χ0n) is 12.1. The summed E-state index contributed by atoms with van der Waals surface area (Å²) in [5.74, 6) is -0.129. The Morgan fingerprint density at radius 2 is 1.91 bits per heavy atom. The molecule has 23 heavy (non-hydrogen) atoms. The fourth-order valence-electron chi connectivity index (χ4n) is 2.21. The average Bonchev–Trinajstić information content (AvgIpc) is 2.56. The molecule has 1 amide bonds. The van der Waals surface area contributed by atoms with E-state index in [-0.39, 0.29) is 16.9 Å². The van der Waals surface area contributed by atoms with Gasteiger partial charge in [0.2, 0.25) is 5.43 Å². The molecule has 1 heterocycles. The molecule has 116 valence electrons. The van der Waals surface area contributed by atoms with Crippen LogP contribution in [0.4, 0.5) is 4.79 Å². The molecule has 3 rings (SSSR count). The van der Waals surface area contributed by atoms with E-state index < -0.39 is 6.09 Å². The zero-order valence-corrected chi connectivity index (χ0v) is 13.7. The van der Waals surface area contributed by atoms with E-state index in [0.29, 0.717) is 16.5 Å². The van der Waals surface area contributed by atoms with Crippen molar-refractivity contribution in [2.45, 2.75) is 0 Å². The molecule has 0 aliphatic heterocycles. The minimum Gasteiger partial charge on any atom is -0.425 e. The van der Waals surface area contributed by atoms with Crippen LogP contribution in [-0.2, 0) is 0 Å². The number of amides is 1. The molecule has 0 spiro atoms. The summed E-state index contributed by atoms with van der Waals surface area (Å²) in [4.78, 5) is 24.4. The van der Waals surface area contributed by atoms with Crippen LogP contribution in [0.1, 0.15) is 0 Å². The van der Waals surface area contributed by atoms with Crippen LogP contribution in [-0.4, -0.2) is 13.1 Å². The molecular formula is C17H12BrNO4. The summed E-state index contributed by atoms with van der Waals surface area (Å²) in [6.45, 7) is 0.